The quantitative estimate of drug-likeness (QED) is 0.879. The third-order valence-corrected chi connectivity index (χ3v) is 6.15. The van der Waals surface area contributed by atoms with Crippen molar-refractivity contribution in [2.75, 3.05) is 32.7 Å². The van der Waals surface area contributed by atoms with E-state index < -0.39 is 0 Å². The van der Waals surface area contributed by atoms with E-state index in [1.807, 2.05) is 4.90 Å². The molecule has 2 fully saturated rings. The van der Waals surface area contributed by atoms with Crippen molar-refractivity contribution < 1.29 is 4.79 Å². The summed E-state index contributed by atoms with van der Waals surface area (Å²) in [6.07, 6.45) is 4.78. The van der Waals surface area contributed by atoms with Gasteiger partial charge in [0.05, 0.1) is 0 Å². The third kappa shape index (κ3) is 3.47. The van der Waals surface area contributed by atoms with Crippen LogP contribution < -0.4 is 5.32 Å². The van der Waals surface area contributed by atoms with Gasteiger partial charge in [0.2, 0.25) is 0 Å². The van der Waals surface area contributed by atoms with Gasteiger partial charge in [-0.15, -0.1) is 0 Å². The fraction of sp³-hybridized carbons (Fsp3) is 0.789. The lowest BCUT2D eigenvalue weighted by molar-refractivity contribution is 0.0572. The molecular formula is C19H31N5O. The summed E-state index contributed by atoms with van der Waals surface area (Å²) in [5.74, 6) is 0.916. The molecule has 1 aliphatic carbocycles. The van der Waals surface area contributed by atoms with Crippen LogP contribution in [0, 0.1) is 5.92 Å². The van der Waals surface area contributed by atoms with Crippen LogP contribution in [0.1, 0.15) is 54.9 Å². The summed E-state index contributed by atoms with van der Waals surface area (Å²) >= 11 is 0. The van der Waals surface area contributed by atoms with Crippen LogP contribution in [0.3, 0.4) is 0 Å². The SMILES string of the molecule is CCC(C)N1CCN(C(=O)c2nn(CC3CC3)c3c2CNCC3)CC1. The van der Waals surface area contributed by atoms with Crippen molar-refractivity contribution in [3.05, 3.63) is 17.0 Å². The molecule has 0 spiro atoms. The first kappa shape index (κ1) is 17.0. The van der Waals surface area contributed by atoms with Gasteiger partial charge in [0.15, 0.2) is 5.69 Å². The number of hydrogen-bond acceptors (Lipinski definition) is 4. The lowest BCUT2D eigenvalue weighted by Crippen LogP contribution is -2.51. The topological polar surface area (TPSA) is 53.4 Å². The summed E-state index contributed by atoms with van der Waals surface area (Å²) < 4.78 is 2.15. The van der Waals surface area contributed by atoms with E-state index in [1.165, 1.54) is 25.0 Å². The molecule has 3 heterocycles. The van der Waals surface area contributed by atoms with Gasteiger partial charge in [-0.1, -0.05) is 6.92 Å². The van der Waals surface area contributed by atoms with Crippen LogP contribution >= 0.6 is 0 Å². The minimum atomic E-state index is 0.137. The van der Waals surface area contributed by atoms with Crippen LogP contribution in [0.4, 0.5) is 0 Å². The predicted octanol–water partition coefficient (Wildman–Crippen LogP) is 1.50. The number of rotatable bonds is 5. The Morgan fingerprint density at radius 1 is 1.28 bits per heavy atom. The Bertz CT molecular complexity index is 628. The van der Waals surface area contributed by atoms with Gasteiger partial charge in [-0.25, -0.2) is 0 Å². The lowest BCUT2D eigenvalue weighted by atomic mass is 10.1. The molecule has 25 heavy (non-hydrogen) atoms. The van der Waals surface area contributed by atoms with Crippen molar-refractivity contribution in [3.63, 3.8) is 0 Å². The first-order valence-electron chi connectivity index (χ1n) is 10.00. The molecule has 6 nitrogen and oxygen atoms in total. The van der Waals surface area contributed by atoms with E-state index in [0.29, 0.717) is 11.7 Å². The Morgan fingerprint density at radius 2 is 2.04 bits per heavy atom. The van der Waals surface area contributed by atoms with Crippen molar-refractivity contribution in [2.45, 2.75) is 58.7 Å². The van der Waals surface area contributed by atoms with E-state index in [4.69, 9.17) is 5.10 Å². The Balaban J connectivity index is 1.49. The van der Waals surface area contributed by atoms with Gasteiger partial charge < -0.3 is 10.2 Å². The number of nitrogens with zero attached hydrogens (tertiary/aromatic N) is 4. The number of carbonyl (C=O) groups is 1. The maximum absolute atomic E-state index is 13.1. The maximum atomic E-state index is 13.1. The molecule has 1 aromatic heterocycles. The molecule has 4 rings (SSSR count). The van der Waals surface area contributed by atoms with E-state index in [9.17, 15) is 4.79 Å². The van der Waals surface area contributed by atoms with Crippen LogP contribution in [0.2, 0.25) is 0 Å². The number of hydrogen-bond donors (Lipinski definition) is 1. The first-order valence-corrected chi connectivity index (χ1v) is 10.00. The zero-order valence-electron chi connectivity index (χ0n) is 15.6. The van der Waals surface area contributed by atoms with E-state index in [-0.39, 0.29) is 5.91 Å². The average Bonchev–Trinajstić information content (AvgIpc) is 3.41. The smallest absolute Gasteiger partial charge is 0.274 e. The van der Waals surface area contributed by atoms with E-state index in [2.05, 4.69) is 28.7 Å². The van der Waals surface area contributed by atoms with Gasteiger partial charge in [-0.2, -0.15) is 5.10 Å². The zero-order chi connectivity index (χ0) is 17.4. The number of aromatic nitrogens is 2. The number of nitrogens with one attached hydrogen (secondary N) is 1. The summed E-state index contributed by atoms with van der Waals surface area (Å²) in [6.45, 7) is 10.9. The number of fused-ring (bicyclic) bond motifs is 1. The highest BCUT2D eigenvalue weighted by Gasteiger charge is 2.32. The molecule has 3 aliphatic rings. The molecule has 1 saturated heterocycles. The second-order valence-electron chi connectivity index (χ2n) is 7.91. The van der Waals surface area contributed by atoms with Gasteiger partial charge in [0.25, 0.3) is 5.91 Å². The molecule has 1 aromatic rings. The van der Waals surface area contributed by atoms with E-state index in [1.54, 1.807) is 0 Å². The second kappa shape index (κ2) is 7.08. The Morgan fingerprint density at radius 3 is 2.72 bits per heavy atom. The highest BCUT2D eigenvalue weighted by Crippen LogP contribution is 2.32. The minimum Gasteiger partial charge on any atom is -0.335 e. The molecule has 1 unspecified atom stereocenters. The molecule has 1 amide bonds. The lowest BCUT2D eigenvalue weighted by Gasteiger charge is -2.37. The Kier molecular flexibility index (Phi) is 4.82. The third-order valence-electron chi connectivity index (χ3n) is 6.15. The zero-order valence-corrected chi connectivity index (χ0v) is 15.6. The second-order valence-corrected chi connectivity index (χ2v) is 7.91. The number of carbonyl (C=O) groups excluding carboxylic acids is 1. The highest BCUT2D eigenvalue weighted by atomic mass is 16.2. The molecule has 6 heteroatoms. The maximum Gasteiger partial charge on any atom is 0.274 e. The predicted molar refractivity (Wildman–Crippen MR) is 97.6 cm³/mol. The minimum absolute atomic E-state index is 0.137. The van der Waals surface area contributed by atoms with Gasteiger partial charge in [-0.3, -0.25) is 14.4 Å². The van der Waals surface area contributed by atoms with Crippen molar-refractivity contribution in [1.82, 2.24) is 24.9 Å². The fourth-order valence-corrected chi connectivity index (χ4v) is 4.06. The molecule has 2 aliphatic heterocycles. The normalized spacial score (nSPS) is 22.7. The summed E-state index contributed by atoms with van der Waals surface area (Å²) in [5, 5.41) is 8.21. The Hall–Kier alpha value is -1.40. The van der Waals surface area contributed by atoms with Gasteiger partial charge in [0, 0.05) is 69.5 Å². The monoisotopic (exact) mass is 345 g/mol. The molecular weight excluding hydrogens is 314 g/mol. The molecule has 1 saturated carbocycles. The fourth-order valence-electron chi connectivity index (χ4n) is 4.06. The number of amides is 1. The van der Waals surface area contributed by atoms with Crippen molar-refractivity contribution in [2.24, 2.45) is 5.92 Å². The molecule has 0 aromatic carbocycles. The van der Waals surface area contributed by atoms with Crippen LogP contribution in [0.25, 0.3) is 0 Å². The summed E-state index contributed by atoms with van der Waals surface area (Å²) in [7, 11) is 0. The molecule has 1 N–H and O–H groups in total. The van der Waals surface area contributed by atoms with Gasteiger partial charge in [-0.05, 0) is 32.1 Å². The van der Waals surface area contributed by atoms with Gasteiger partial charge in [0.1, 0.15) is 0 Å². The van der Waals surface area contributed by atoms with Crippen molar-refractivity contribution >= 4 is 5.91 Å². The largest absolute Gasteiger partial charge is 0.335 e. The van der Waals surface area contributed by atoms with E-state index in [0.717, 1.165) is 63.7 Å². The first-order chi connectivity index (χ1) is 12.2. The van der Waals surface area contributed by atoms with Crippen LogP contribution in [-0.4, -0.2) is 64.3 Å². The van der Waals surface area contributed by atoms with Crippen molar-refractivity contribution in [1.29, 1.82) is 0 Å². The van der Waals surface area contributed by atoms with E-state index >= 15 is 0 Å². The van der Waals surface area contributed by atoms with Crippen LogP contribution in [0.5, 0.6) is 0 Å². The molecule has 1 atom stereocenters. The molecule has 0 radical (unpaired) electrons. The average molecular weight is 345 g/mol. The molecule has 0 bridgehead atoms. The van der Waals surface area contributed by atoms with Gasteiger partial charge >= 0.3 is 0 Å². The number of piperazine rings is 1. The standard InChI is InChI=1S/C19H31N5O/c1-3-14(2)22-8-10-23(11-9-22)19(25)18-16-12-20-7-6-17(16)24(21-18)13-15-4-5-15/h14-15,20H,3-13H2,1-2H3. The van der Waals surface area contributed by atoms with Crippen LogP contribution in [-0.2, 0) is 19.5 Å². The summed E-state index contributed by atoms with van der Waals surface area (Å²) in [4.78, 5) is 17.6. The highest BCUT2D eigenvalue weighted by molar-refractivity contribution is 5.94. The molecule has 138 valence electrons. The van der Waals surface area contributed by atoms with Crippen LogP contribution in [0.15, 0.2) is 0 Å². The summed E-state index contributed by atoms with van der Waals surface area (Å²) in [6, 6.07) is 0.604. The summed E-state index contributed by atoms with van der Waals surface area (Å²) in [5.41, 5.74) is 3.16. The van der Waals surface area contributed by atoms with Crippen molar-refractivity contribution in [3.8, 4) is 0 Å². The Labute approximate surface area is 150 Å².